The first-order valence-electron chi connectivity index (χ1n) is 5.70. The Kier molecular flexibility index (Phi) is 19.5. The third-order valence-corrected chi connectivity index (χ3v) is 3.02. The maximum absolute atomic E-state index is 11.1. The summed E-state index contributed by atoms with van der Waals surface area (Å²) in [6.07, 6.45) is 0. The number of benzene rings is 2. The second kappa shape index (κ2) is 15.0. The zero-order valence-corrected chi connectivity index (χ0v) is 27.1. The predicted molar refractivity (Wildman–Crippen MR) is 61.3 cm³/mol. The van der Waals surface area contributed by atoms with Gasteiger partial charge in [-0.3, -0.25) is 0 Å². The van der Waals surface area contributed by atoms with Crippen molar-refractivity contribution in [1.29, 1.82) is 0 Å². The molecule has 0 aliphatic rings. The van der Waals surface area contributed by atoms with Crippen LogP contribution in [0.4, 0.5) is 0 Å². The molecule has 0 radical (unpaired) electrons. The van der Waals surface area contributed by atoms with Crippen LogP contribution < -0.4 is 226 Å². The first-order chi connectivity index (χ1) is 10.2. The Balaban J connectivity index is -0.00000132. The summed E-state index contributed by atoms with van der Waals surface area (Å²) in [5.41, 5.74) is -2.83. The first-order valence-corrected chi connectivity index (χ1v) is 5.70. The molecule has 0 N–H and O–H groups in total. The van der Waals surface area contributed by atoms with E-state index in [0.717, 1.165) is 18.2 Å². The molecule has 0 bridgehead atoms. The number of carboxylic acids is 4. The molecule has 12 heteroatoms. The monoisotopic (exact) mass is 456 g/mol. The Hall–Kier alpha value is 3.13. The van der Waals surface area contributed by atoms with Crippen LogP contribution >= 0.6 is 0 Å². The number of hydrogen-bond donors (Lipinski definition) is 0. The van der Waals surface area contributed by atoms with E-state index in [-0.39, 0.29) is 216 Å². The fourth-order valence-electron chi connectivity index (χ4n) is 2.10. The summed E-state index contributed by atoms with van der Waals surface area (Å²) in [7, 11) is 0. The summed E-state index contributed by atoms with van der Waals surface area (Å²) in [4.78, 5) is 44.1. The molecule has 2 aromatic rings. The summed E-state index contributed by atoms with van der Waals surface area (Å²) in [6, 6.07) is 3.27. The normalized spacial score (nSPS) is 8.77. The standard InChI is InChI=1S/C14H8O8.4K/c15-11(16)5-1-2-6-7(3-5)8(12(17)18)4-9(13(19)20)10(6)14(21)22;;;;/h1-4H,(H,15,16)(H,17,18)(H,19,20)(H,21,22);;;;/q;4*+1/p-4. The van der Waals surface area contributed by atoms with Gasteiger partial charge in [-0.2, -0.15) is 0 Å². The van der Waals surface area contributed by atoms with Crippen molar-refractivity contribution in [1.82, 2.24) is 0 Å². The van der Waals surface area contributed by atoms with Crippen molar-refractivity contribution in [3.05, 3.63) is 46.5 Å². The van der Waals surface area contributed by atoms with Crippen molar-refractivity contribution < 1.29 is 245 Å². The maximum atomic E-state index is 11.1. The number of hydrogen-bond acceptors (Lipinski definition) is 8. The van der Waals surface area contributed by atoms with E-state index in [2.05, 4.69) is 0 Å². The zero-order valence-electron chi connectivity index (χ0n) is 14.6. The van der Waals surface area contributed by atoms with Gasteiger partial charge in [0.25, 0.3) is 0 Å². The molecule has 26 heavy (non-hydrogen) atoms. The zero-order chi connectivity index (χ0) is 16.6. The van der Waals surface area contributed by atoms with E-state index in [1.54, 1.807) is 0 Å². The van der Waals surface area contributed by atoms with E-state index in [1.165, 1.54) is 0 Å². The molecule has 0 unspecified atom stereocenters. The van der Waals surface area contributed by atoms with Gasteiger partial charge in [-0.1, -0.05) is 12.1 Å². The van der Waals surface area contributed by atoms with Crippen LogP contribution in [0, 0.1) is 0 Å². The molecule has 0 heterocycles. The summed E-state index contributed by atoms with van der Waals surface area (Å²) < 4.78 is 0. The second-order valence-corrected chi connectivity index (χ2v) is 4.26. The van der Waals surface area contributed by atoms with Crippen LogP contribution in [0.15, 0.2) is 24.3 Å². The number of carbonyl (C=O) groups is 4. The topological polar surface area (TPSA) is 161 Å². The minimum atomic E-state index is -1.92. The van der Waals surface area contributed by atoms with Crippen molar-refractivity contribution in [2.75, 3.05) is 0 Å². The third-order valence-electron chi connectivity index (χ3n) is 3.02. The van der Waals surface area contributed by atoms with E-state index >= 15 is 0 Å². The summed E-state index contributed by atoms with van der Waals surface area (Å²) in [5, 5.41) is 43.4. The molecule has 0 aliphatic carbocycles. The second-order valence-electron chi connectivity index (χ2n) is 4.26. The predicted octanol–water partition coefficient (Wildman–Crippen LogP) is -15.7. The minimum absolute atomic E-state index is 0. The maximum Gasteiger partial charge on any atom is 1.00 e. The van der Waals surface area contributed by atoms with Crippen LogP contribution in [0.2, 0.25) is 0 Å². The minimum Gasteiger partial charge on any atom is -0.545 e. The van der Waals surface area contributed by atoms with Crippen LogP contribution in [0.5, 0.6) is 0 Å². The van der Waals surface area contributed by atoms with Crippen LogP contribution in [0.1, 0.15) is 41.4 Å². The molecule has 0 fully saturated rings. The van der Waals surface area contributed by atoms with Crippen molar-refractivity contribution in [3.8, 4) is 0 Å². The fraction of sp³-hybridized carbons (Fsp3) is 0. The Morgan fingerprint density at radius 3 is 1.46 bits per heavy atom. The smallest absolute Gasteiger partial charge is 0.545 e. The van der Waals surface area contributed by atoms with Gasteiger partial charge in [-0.25, -0.2) is 0 Å². The molecule has 0 amide bonds. The number of carboxylic acid groups (broad SMARTS) is 4. The molecular formula is C14H4K4O8. The molecule has 0 saturated heterocycles. The number of carbonyl (C=O) groups excluding carboxylic acids is 4. The van der Waals surface area contributed by atoms with E-state index in [4.69, 9.17) is 0 Å². The van der Waals surface area contributed by atoms with Gasteiger partial charge in [0.2, 0.25) is 0 Å². The molecule has 2 aromatic carbocycles. The van der Waals surface area contributed by atoms with Crippen LogP contribution in [0.3, 0.4) is 0 Å². The number of fused-ring (bicyclic) bond motifs is 1. The SMILES string of the molecule is O=C([O-])c1ccc2c(C(=O)[O-])c(C(=O)[O-])cc(C(=O)[O-])c2c1.[K+].[K+].[K+].[K+]. The number of aromatic carboxylic acids is 4. The Labute approximate surface area is 317 Å². The van der Waals surface area contributed by atoms with Gasteiger partial charge in [-0.15, -0.1) is 0 Å². The van der Waals surface area contributed by atoms with Gasteiger partial charge in [0.1, 0.15) is 0 Å². The molecular weight excluding hydrogens is 453 g/mol. The molecule has 0 aromatic heterocycles. The summed E-state index contributed by atoms with van der Waals surface area (Å²) in [5.74, 6) is -7.24. The van der Waals surface area contributed by atoms with Gasteiger partial charge in [0.15, 0.2) is 0 Å². The molecule has 2 rings (SSSR count). The van der Waals surface area contributed by atoms with Crippen molar-refractivity contribution in [3.63, 3.8) is 0 Å². The van der Waals surface area contributed by atoms with Crippen molar-refractivity contribution in [2.24, 2.45) is 0 Å². The molecule has 8 nitrogen and oxygen atoms in total. The van der Waals surface area contributed by atoms with E-state index < -0.39 is 46.1 Å². The molecule has 112 valence electrons. The largest absolute Gasteiger partial charge is 1.00 e. The van der Waals surface area contributed by atoms with Gasteiger partial charge in [-0.05, 0) is 28.5 Å². The van der Waals surface area contributed by atoms with Crippen molar-refractivity contribution >= 4 is 34.6 Å². The van der Waals surface area contributed by atoms with Gasteiger partial charge in [0, 0.05) is 16.7 Å². The van der Waals surface area contributed by atoms with Crippen molar-refractivity contribution in [2.45, 2.75) is 0 Å². The molecule has 0 aliphatic heterocycles. The third kappa shape index (κ3) is 7.99. The van der Waals surface area contributed by atoms with E-state index in [1.807, 2.05) is 0 Å². The summed E-state index contributed by atoms with van der Waals surface area (Å²) >= 11 is 0. The van der Waals surface area contributed by atoms with Gasteiger partial charge in [0.05, 0.1) is 23.9 Å². The Morgan fingerprint density at radius 1 is 0.577 bits per heavy atom. The quantitative estimate of drug-likeness (QED) is 0.410. The number of rotatable bonds is 4. The Morgan fingerprint density at radius 2 is 1.08 bits per heavy atom. The van der Waals surface area contributed by atoms with Crippen LogP contribution in [-0.2, 0) is 0 Å². The average Bonchev–Trinajstić information content (AvgIpc) is 2.43. The van der Waals surface area contributed by atoms with Gasteiger partial charge >= 0.3 is 206 Å². The average molecular weight is 457 g/mol. The Bertz CT molecular complexity index is 866. The first kappa shape index (κ1) is 33.8. The molecule has 0 saturated carbocycles. The molecule has 0 atom stereocenters. The van der Waals surface area contributed by atoms with E-state index in [9.17, 15) is 39.6 Å². The summed E-state index contributed by atoms with van der Waals surface area (Å²) in [6.45, 7) is 0. The van der Waals surface area contributed by atoms with Gasteiger partial charge < -0.3 is 39.6 Å². The van der Waals surface area contributed by atoms with Crippen LogP contribution in [-0.4, -0.2) is 23.9 Å². The van der Waals surface area contributed by atoms with E-state index in [0.29, 0.717) is 6.07 Å². The molecule has 0 spiro atoms. The van der Waals surface area contributed by atoms with Crippen LogP contribution in [0.25, 0.3) is 10.8 Å². The fourth-order valence-corrected chi connectivity index (χ4v) is 2.10.